The molecule has 0 amide bonds. The van der Waals surface area contributed by atoms with Gasteiger partial charge in [0.25, 0.3) is 0 Å². The molecule has 1 aromatic carbocycles. The molecule has 3 aromatic rings. The summed E-state index contributed by atoms with van der Waals surface area (Å²) in [5, 5.41) is 12.3. The van der Waals surface area contributed by atoms with E-state index in [0.717, 1.165) is 19.5 Å². The van der Waals surface area contributed by atoms with E-state index in [1.165, 1.54) is 11.8 Å². The van der Waals surface area contributed by atoms with Gasteiger partial charge in [0.15, 0.2) is 15.2 Å². The zero-order valence-electron chi connectivity index (χ0n) is 12.3. The molecule has 2 aromatic heterocycles. The maximum absolute atomic E-state index is 6.08. The smallest absolute Gasteiger partial charge is 0.247 e. The molecule has 122 valence electrons. The number of ether oxygens (including phenoxy) is 1. The highest BCUT2D eigenvalue weighted by molar-refractivity contribution is 14.1. The van der Waals surface area contributed by atoms with Crippen LogP contribution < -0.4 is 10.1 Å². The van der Waals surface area contributed by atoms with E-state index < -0.39 is 6.23 Å². The Balaban J connectivity index is 1.86. The molecule has 6 nitrogen and oxygen atoms in total. The van der Waals surface area contributed by atoms with Crippen LogP contribution in [-0.4, -0.2) is 21.4 Å². The van der Waals surface area contributed by atoms with Crippen molar-refractivity contribution < 1.29 is 9.15 Å². The van der Waals surface area contributed by atoms with E-state index >= 15 is 0 Å². The summed E-state index contributed by atoms with van der Waals surface area (Å²) in [6, 6.07) is 9.71. The first-order valence-corrected chi connectivity index (χ1v) is 10.0. The zero-order chi connectivity index (χ0) is 16.7. The molecule has 1 aliphatic rings. The molecule has 1 aliphatic heterocycles. The molecule has 0 saturated carbocycles. The first kappa shape index (κ1) is 16.2. The molecule has 24 heavy (non-hydrogen) atoms. The van der Waals surface area contributed by atoms with Crippen LogP contribution in [0.3, 0.4) is 0 Å². The molecule has 0 radical (unpaired) electrons. The van der Waals surface area contributed by atoms with E-state index in [4.69, 9.17) is 9.15 Å². The average molecular weight is 517 g/mol. The van der Waals surface area contributed by atoms with E-state index in [-0.39, 0.29) is 0 Å². The van der Waals surface area contributed by atoms with Gasteiger partial charge in [-0.3, -0.25) is 0 Å². The first-order chi connectivity index (χ1) is 11.7. The normalized spacial score (nSPS) is 15.7. The topological polar surface area (TPSA) is 73.1 Å². The lowest BCUT2D eigenvalue weighted by Gasteiger charge is -2.16. The summed E-state index contributed by atoms with van der Waals surface area (Å²) >= 11 is 7.00. The number of halogens is 2. The third-order valence-electron chi connectivity index (χ3n) is 3.44. The second kappa shape index (κ2) is 6.52. The van der Waals surface area contributed by atoms with Gasteiger partial charge in [-0.1, -0.05) is 30.0 Å². The number of anilines is 1. The minimum Gasteiger partial charge on any atom is -0.448 e. The van der Waals surface area contributed by atoms with Gasteiger partial charge in [0.1, 0.15) is 0 Å². The summed E-state index contributed by atoms with van der Waals surface area (Å²) in [4.78, 5) is 4.47. The minimum atomic E-state index is -0.515. The zero-order valence-corrected chi connectivity index (χ0v) is 16.8. The fraction of sp³-hybridized carbons (Fsp3) is 0.133. The molecule has 0 saturated heterocycles. The molecular weight excluding hydrogens is 507 g/mol. The van der Waals surface area contributed by atoms with Crippen molar-refractivity contribution in [3.63, 3.8) is 0 Å². The summed E-state index contributed by atoms with van der Waals surface area (Å²) < 4.78 is 13.5. The van der Waals surface area contributed by atoms with E-state index in [2.05, 4.69) is 59.0 Å². The molecular formula is C15H10BrIN4O2S. The van der Waals surface area contributed by atoms with Crippen LogP contribution >= 0.6 is 50.3 Å². The number of nitrogens with one attached hydrogen (secondary N) is 1. The number of rotatable bonds is 2. The Kier molecular flexibility index (Phi) is 4.39. The summed E-state index contributed by atoms with van der Waals surface area (Å²) in [7, 11) is 0. The van der Waals surface area contributed by atoms with E-state index in [0.29, 0.717) is 22.5 Å². The predicted octanol–water partition coefficient (Wildman–Crippen LogP) is 4.72. The monoisotopic (exact) mass is 516 g/mol. The SMILES string of the molecule is CSc1nnc2c(n1)O[C@H](c1cc(Br)c(I)o1)Nc1ccccc1-2. The molecule has 9 heteroatoms. The molecule has 3 heterocycles. The number of fused-ring (bicyclic) bond motifs is 3. The van der Waals surface area contributed by atoms with Crippen molar-refractivity contribution in [1.29, 1.82) is 0 Å². The number of hydrogen-bond donors (Lipinski definition) is 1. The number of nitrogens with zero attached hydrogens (tertiary/aromatic N) is 3. The van der Waals surface area contributed by atoms with Crippen LogP contribution in [0.1, 0.15) is 12.0 Å². The molecule has 0 bridgehead atoms. The Morgan fingerprint density at radius 2 is 2.12 bits per heavy atom. The van der Waals surface area contributed by atoms with Gasteiger partial charge in [0, 0.05) is 39.9 Å². The largest absolute Gasteiger partial charge is 0.448 e. The lowest BCUT2D eigenvalue weighted by molar-refractivity contribution is 0.193. The van der Waals surface area contributed by atoms with Crippen molar-refractivity contribution in [2.45, 2.75) is 11.4 Å². The number of benzene rings is 1. The molecule has 0 fully saturated rings. The third kappa shape index (κ3) is 2.88. The van der Waals surface area contributed by atoms with Gasteiger partial charge in [-0.15, -0.1) is 10.2 Å². The van der Waals surface area contributed by atoms with Gasteiger partial charge in [-0.05, 0) is 28.3 Å². The molecule has 0 spiro atoms. The number of aromatic nitrogens is 3. The van der Waals surface area contributed by atoms with Gasteiger partial charge in [0.05, 0.1) is 4.47 Å². The number of hydrogen-bond acceptors (Lipinski definition) is 7. The van der Waals surface area contributed by atoms with Crippen LogP contribution in [0, 0.1) is 3.77 Å². The summed E-state index contributed by atoms with van der Waals surface area (Å²) in [5.74, 6) is 1.08. The van der Waals surface area contributed by atoms with Crippen LogP contribution in [-0.2, 0) is 0 Å². The molecule has 1 atom stereocenters. The molecule has 1 N–H and O–H groups in total. The van der Waals surface area contributed by atoms with Crippen molar-refractivity contribution in [2.75, 3.05) is 11.6 Å². The van der Waals surface area contributed by atoms with Gasteiger partial charge in [0.2, 0.25) is 17.3 Å². The van der Waals surface area contributed by atoms with Crippen molar-refractivity contribution in [3.8, 4) is 17.1 Å². The van der Waals surface area contributed by atoms with Crippen molar-refractivity contribution in [3.05, 3.63) is 44.3 Å². The Morgan fingerprint density at radius 1 is 1.29 bits per heavy atom. The van der Waals surface area contributed by atoms with E-state index in [1.54, 1.807) is 0 Å². The van der Waals surface area contributed by atoms with E-state index in [1.807, 2.05) is 36.6 Å². The van der Waals surface area contributed by atoms with Gasteiger partial charge in [-0.25, -0.2) is 0 Å². The fourth-order valence-corrected chi connectivity index (χ4v) is 3.37. The van der Waals surface area contributed by atoms with Crippen LogP contribution in [0.2, 0.25) is 0 Å². The lowest BCUT2D eigenvalue weighted by Crippen LogP contribution is -2.16. The second-order valence-corrected chi connectivity index (χ2v) is 7.52. The second-order valence-electron chi connectivity index (χ2n) is 4.91. The third-order valence-corrected chi connectivity index (χ3v) is 6.11. The minimum absolute atomic E-state index is 0.430. The predicted molar refractivity (Wildman–Crippen MR) is 103 cm³/mol. The van der Waals surface area contributed by atoms with Gasteiger partial charge in [-0.2, -0.15) is 4.98 Å². The van der Waals surface area contributed by atoms with Crippen LogP contribution in [0.25, 0.3) is 11.3 Å². The fourth-order valence-electron chi connectivity index (χ4n) is 2.35. The summed E-state index contributed by atoms with van der Waals surface area (Å²) in [6.07, 6.45) is 1.38. The first-order valence-electron chi connectivity index (χ1n) is 6.91. The Hall–Kier alpha value is -1.33. The van der Waals surface area contributed by atoms with Crippen LogP contribution in [0.4, 0.5) is 5.69 Å². The lowest BCUT2D eigenvalue weighted by atomic mass is 10.1. The Morgan fingerprint density at radius 3 is 2.88 bits per heavy atom. The van der Waals surface area contributed by atoms with Gasteiger partial charge >= 0.3 is 0 Å². The maximum Gasteiger partial charge on any atom is 0.247 e. The number of para-hydroxylation sites is 1. The van der Waals surface area contributed by atoms with Crippen molar-refractivity contribution in [1.82, 2.24) is 15.2 Å². The van der Waals surface area contributed by atoms with Crippen molar-refractivity contribution in [2.24, 2.45) is 0 Å². The highest BCUT2D eigenvalue weighted by Crippen LogP contribution is 2.40. The molecule has 4 rings (SSSR count). The van der Waals surface area contributed by atoms with E-state index in [9.17, 15) is 0 Å². The summed E-state index contributed by atoms with van der Waals surface area (Å²) in [6.45, 7) is 0. The summed E-state index contributed by atoms with van der Waals surface area (Å²) in [5.41, 5.74) is 2.39. The van der Waals surface area contributed by atoms with Crippen LogP contribution in [0.5, 0.6) is 5.88 Å². The Bertz CT molecular complexity index is 901. The standard InChI is InChI=1S/C15H10BrIN4O2S/c1-24-15-19-14-11(20-21-15)7-4-2-3-5-9(7)18-13(23-14)10-6-8(16)12(17)22-10/h2-6,13,18H,1H3/t13-/m1/s1. The molecule has 0 aliphatic carbocycles. The Labute approximate surface area is 164 Å². The number of thioether (sulfide) groups is 1. The van der Waals surface area contributed by atoms with Crippen LogP contribution in [0.15, 0.2) is 44.4 Å². The highest BCUT2D eigenvalue weighted by Gasteiger charge is 2.28. The molecule has 0 unspecified atom stereocenters. The van der Waals surface area contributed by atoms with Crippen molar-refractivity contribution >= 4 is 56.0 Å². The average Bonchev–Trinajstić information content (AvgIpc) is 2.85. The quantitative estimate of drug-likeness (QED) is 0.390. The maximum atomic E-state index is 6.08. The number of furan rings is 1. The van der Waals surface area contributed by atoms with Gasteiger partial charge < -0.3 is 14.5 Å². The highest BCUT2D eigenvalue weighted by atomic mass is 127.